The van der Waals surface area contributed by atoms with Gasteiger partial charge >= 0.3 is 6.03 Å². The van der Waals surface area contributed by atoms with Gasteiger partial charge in [0.2, 0.25) is 0 Å². The van der Waals surface area contributed by atoms with Crippen LogP contribution in [0.15, 0.2) is 28.8 Å². The van der Waals surface area contributed by atoms with Gasteiger partial charge in [-0.2, -0.15) is 4.98 Å². The first-order chi connectivity index (χ1) is 10.1. The average Bonchev–Trinajstić information content (AvgIpc) is 3.08. The Labute approximate surface area is 133 Å². The zero-order valence-corrected chi connectivity index (χ0v) is 12.7. The molecule has 5 N–H and O–H groups in total. The third kappa shape index (κ3) is 3.20. The number of primary amides is 1. The topological polar surface area (TPSA) is 120 Å². The van der Waals surface area contributed by atoms with Gasteiger partial charge in [-0.3, -0.25) is 0 Å². The molecular formula is C14H18ClN5O2. The lowest BCUT2D eigenvalue weighted by molar-refractivity contribution is 0.259. The molecule has 118 valence electrons. The Bertz CT molecular complexity index is 667. The van der Waals surface area contributed by atoms with Crippen LogP contribution in [0.4, 0.5) is 10.5 Å². The highest BCUT2D eigenvalue weighted by molar-refractivity contribution is 5.88. The Kier molecular flexibility index (Phi) is 4.68. The number of nitrogens with zero attached hydrogens (tertiary/aromatic N) is 2. The van der Waals surface area contributed by atoms with Crippen LogP contribution in [-0.4, -0.2) is 16.2 Å². The van der Waals surface area contributed by atoms with Gasteiger partial charge in [0.25, 0.3) is 5.89 Å². The van der Waals surface area contributed by atoms with Gasteiger partial charge in [0, 0.05) is 11.3 Å². The molecule has 1 heterocycles. The van der Waals surface area contributed by atoms with Gasteiger partial charge in [0.1, 0.15) is 0 Å². The average molecular weight is 324 g/mol. The smallest absolute Gasteiger partial charge is 0.316 e. The van der Waals surface area contributed by atoms with Crippen molar-refractivity contribution in [2.45, 2.75) is 31.2 Å². The van der Waals surface area contributed by atoms with E-state index in [4.69, 9.17) is 16.0 Å². The van der Waals surface area contributed by atoms with Crippen molar-refractivity contribution >= 4 is 24.1 Å². The monoisotopic (exact) mass is 323 g/mol. The fraction of sp³-hybridized carbons (Fsp3) is 0.357. The van der Waals surface area contributed by atoms with E-state index in [1.165, 1.54) is 0 Å². The summed E-state index contributed by atoms with van der Waals surface area (Å²) < 4.78 is 5.30. The molecule has 0 spiro atoms. The van der Waals surface area contributed by atoms with Crippen molar-refractivity contribution in [2.24, 2.45) is 11.5 Å². The number of halogens is 1. The molecule has 3 rings (SSSR count). The Hall–Kier alpha value is -2.12. The Morgan fingerprint density at radius 3 is 2.73 bits per heavy atom. The zero-order chi connectivity index (χ0) is 14.9. The van der Waals surface area contributed by atoms with Crippen LogP contribution in [0.5, 0.6) is 0 Å². The second-order valence-electron chi connectivity index (χ2n) is 5.36. The van der Waals surface area contributed by atoms with Crippen LogP contribution >= 0.6 is 12.4 Å². The van der Waals surface area contributed by atoms with Gasteiger partial charge in [-0.15, -0.1) is 12.4 Å². The van der Waals surface area contributed by atoms with E-state index < -0.39 is 11.6 Å². The van der Waals surface area contributed by atoms with E-state index in [-0.39, 0.29) is 12.4 Å². The molecule has 0 bridgehead atoms. The number of benzene rings is 1. The van der Waals surface area contributed by atoms with E-state index in [2.05, 4.69) is 15.5 Å². The lowest BCUT2D eigenvalue weighted by Gasteiger charge is -2.17. The van der Waals surface area contributed by atoms with Gasteiger partial charge in [0.05, 0.1) is 5.54 Å². The van der Waals surface area contributed by atoms with E-state index in [0.717, 1.165) is 25.7 Å². The zero-order valence-electron chi connectivity index (χ0n) is 11.9. The van der Waals surface area contributed by atoms with Gasteiger partial charge in [-0.25, -0.2) is 4.79 Å². The maximum absolute atomic E-state index is 10.9. The minimum Gasteiger partial charge on any atom is -0.351 e. The Morgan fingerprint density at radius 1 is 1.32 bits per heavy atom. The number of anilines is 1. The van der Waals surface area contributed by atoms with Crippen LogP contribution in [0.25, 0.3) is 11.5 Å². The number of nitrogens with one attached hydrogen (secondary N) is 1. The molecule has 8 heteroatoms. The number of urea groups is 1. The van der Waals surface area contributed by atoms with Crippen molar-refractivity contribution < 1.29 is 9.32 Å². The third-order valence-electron chi connectivity index (χ3n) is 3.74. The molecule has 22 heavy (non-hydrogen) atoms. The predicted molar refractivity (Wildman–Crippen MR) is 84.5 cm³/mol. The lowest BCUT2D eigenvalue weighted by Crippen LogP contribution is -2.34. The van der Waals surface area contributed by atoms with E-state index in [9.17, 15) is 4.79 Å². The largest absolute Gasteiger partial charge is 0.351 e. The van der Waals surface area contributed by atoms with Crippen molar-refractivity contribution in [3.8, 4) is 11.5 Å². The van der Waals surface area contributed by atoms with E-state index in [0.29, 0.717) is 23.0 Å². The molecule has 1 fully saturated rings. The number of amides is 2. The fourth-order valence-corrected chi connectivity index (χ4v) is 2.64. The first-order valence-corrected chi connectivity index (χ1v) is 6.87. The number of hydrogen-bond donors (Lipinski definition) is 3. The minimum absolute atomic E-state index is 0. The summed E-state index contributed by atoms with van der Waals surface area (Å²) in [7, 11) is 0. The second kappa shape index (κ2) is 6.33. The second-order valence-corrected chi connectivity index (χ2v) is 5.36. The van der Waals surface area contributed by atoms with Gasteiger partial charge in [-0.05, 0) is 31.0 Å². The van der Waals surface area contributed by atoms with Crippen molar-refractivity contribution in [2.75, 3.05) is 5.32 Å². The standard InChI is InChI=1S/C14H17N5O2.ClH/c15-13(20)17-10-5-3-4-9(8-10)11-18-12(19-21-11)14(16)6-1-2-7-14;/h3-5,8H,1-2,6-7,16H2,(H3,15,17,20);1H. The number of nitrogens with two attached hydrogens (primary N) is 2. The van der Waals surface area contributed by atoms with E-state index in [1.54, 1.807) is 18.2 Å². The summed E-state index contributed by atoms with van der Waals surface area (Å²) in [5, 5.41) is 6.52. The highest BCUT2D eigenvalue weighted by atomic mass is 35.5. The highest BCUT2D eigenvalue weighted by Gasteiger charge is 2.36. The summed E-state index contributed by atoms with van der Waals surface area (Å²) in [6.07, 6.45) is 3.90. The number of carbonyl (C=O) groups excluding carboxylic acids is 1. The molecule has 0 radical (unpaired) electrons. The molecule has 2 aromatic rings. The van der Waals surface area contributed by atoms with Crippen molar-refractivity contribution in [1.29, 1.82) is 0 Å². The SMILES string of the molecule is Cl.NC(=O)Nc1cccc(-c2nc(C3(N)CCCC3)no2)c1. The maximum atomic E-state index is 10.9. The fourth-order valence-electron chi connectivity index (χ4n) is 2.64. The van der Waals surface area contributed by atoms with Crippen LogP contribution in [-0.2, 0) is 5.54 Å². The summed E-state index contributed by atoms with van der Waals surface area (Å²) in [4.78, 5) is 15.3. The van der Waals surface area contributed by atoms with Crippen molar-refractivity contribution in [3.05, 3.63) is 30.1 Å². The van der Waals surface area contributed by atoms with Crippen molar-refractivity contribution in [3.63, 3.8) is 0 Å². The van der Waals surface area contributed by atoms with Crippen molar-refractivity contribution in [1.82, 2.24) is 10.1 Å². The van der Waals surface area contributed by atoms with Gasteiger partial charge in [-0.1, -0.05) is 24.1 Å². The number of hydrogen-bond acceptors (Lipinski definition) is 5. The number of rotatable bonds is 3. The number of aromatic nitrogens is 2. The van der Waals surface area contributed by atoms with Crippen LogP contribution in [0.3, 0.4) is 0 Å². The van der Waals surface area contributed by atoms with Crippen LogP contribution < -0.4 is 16.8 Å². The van der Waals surface area contributed by atoms with E-state index >= 15 is 0 Å². The summed E-state index contributed by atoms with van der Waals surface area (Å²) in [5.41, 5.74) is 12.2. The van der Waals surface area contributed by atoms with Crippen LogP contribution in [0.2, 0.25) is 0 Å². The minimum atomic E-state index is -0.620. The molecule has 0 atom stereocenters. The third-order valence-corrected chi connectivity index (χ3v) is 3.74. The molecule has 0 saturated heterocycles. The summed E-state index contributed by atoms with van der Waals surface area (Å²) >= 11 is 0. The molecular weight excluding hydrogens is 306 g/mol. The highest BCUT2D eigenvalue weighted by Crippen LogP contribution is 2.35. The molecule has 0 unspecified atom stereocenters. The first-order valence-electron chi connectivity index (χ1n) is 6.87. The maximum Gasteiger partial charge on any atom is 0.316 e. The quantitative estimate of drug-likeness (QED) is 0.800. The lowest BCUT2D eigenvalue weighted by atomic mass is 9.99. The van der Waals surface area contributed by atoms with E-state index in [1.807, 2.05) is 6.07 Å². The Balaban J connectivity index is 0.00000176. The molecule has 0 aliphatic heterocycles. The van der Waals surface area contributed by atoms with Gasteiger partial charge in [0.15, 0.2) is 5.82 Å². The molecule has 1 aliphatic rings. The predicted octanol–water partition coefficient (Wildman–Crippen LogP) is 2.38. The molecule has 2 amide bonds. The number of carbonyl (C=O) groups is 1. The molecule has 1 aromatic carbocycles. The molecule has 1 saturated carbocycles. The first kappa shape index (κ1) is 16.3. The molecule has 1 aliphatic carbocycles. The Morgan fingerprint density at radius 2 is 2.05 bits per heavy atom. The van der Waals surface area contributed by atoms with Gasteiger partial charge < -0.3 is 21.3 Å². The summed E-state index contributed by atoms with van der Waals surface area (Å²) in [6.45, 7) is 0. The summed E-state index contributed by atoms with van der Waals surface area (Å²) in [5.74, 6) is 0.929. The van der Waals surface area contributed by atoms with Crippen LogP contribution in [0, 0.1) is 0 Å². The molecule has 7 nitrogen and oxygen atoms in total. The normalized spacial score (nSPS) is 16.0. The summed E-state index contributed by atoms with van der Waals surface area (Å²) in [6, 6.07) is 6.43. The molecule has 1 aromatic heterocycles. The van der Waals surface area contributed by atoms with Crippen LogP contribution in [0.1, 0.15) is 31.5 Å².